The number of nitrogens with zero attached hydrogens (tertiary/aromatic N) is 3. The van der Waals surface area contributed by atoms with E-state index in [4.69, 9.17) is 4.74 Å². The van der Waals surface area contributed by atoms with E-state index in [1.807, 2.05) is 0 Å². The molecular weight excluding hydrogens is 291 g/mol. The number of aromatic nitrogens is 2. The van der Waals surface area contributed by atoms with Crippen LogP contribution in [-0.4, -0.2) is 21.3 Å². The Morgan fingerprint density at radius 1 is 1.38 bits per heavy atom. The van der Waals surface area contributed by atoms with Crippen LogP contribution < -0.4 is 4.74 Å². The smallest absolute Gasteiger partial charge is 0.435 e. The molecule has 2 aromatic rings. The van der Waals surface area contributed by atoms with Gasteiger partial charge >= 0.3 is 6.18 Å². The molecule has 2 rings (SSSR count). The van der Waals surface area contributed by atoms with Gasteiger partial charge in [-0.15, -0.1) is 0 Å². The monoisotopic (exact) mass is 301 g/mol. The highest BCUT2D eigenvalue weighted by Crippen LogP contribution is 2.34. The highest BCUT2D eigenvalue weighted by Gasteiger charge is 2.36. The third kappa shape index (κ3) is 2.96. The standard InChI is InChI=1S/C12H10F3N3O3/c1-2-21-11-7-10(12(13,14)15)16-17(11)8-5-3-4-6-9(8)18(19)20/h3-7H,2H2,1H3. The molecule has 0 amide bonds. The molecule has 0 aliphatic rings. The quantitative estimate of drug-likeness (QED) is 0.642. The Bertz CT molecular complexity index is 667. The number of hydrogen-bond acceptors (Lipinski definition) is 4. The minimum Gasteiger partial charge on any atom is -0.478 e. The second-order valence-electron chi connectivity index (χ2n) is 3.96. The van der Waals surface area contributed by atoms with E-state index in [9.17, 15) is 23.3 Å². The summed E-state index contributed by atoms with van der Waals surface area (Å²) < 4.78 is 44.1. The van der Waals surface area contributed by atoms with E-state index in [1.54, 1.807) is 6.92 Å². The zero-order chi connectivity index (χ0) is 15.6. The number of rotatable bonds is 4. The third-order valence-corrected chi connectivity index (χ3v) is 2.57. The summed E-state index contributed by atoms with van der Waals surface area (Å²) in [6, 6.07) is 6.07. The first-order valence-electron chi connectivity index (χ1n) is 5.88. The van der Waals surface area contributed by atoms with Crippen molar-refractivity contribution in [3.8, 4) is 11.6 Å². The van der Waals surface area contributed by atoms with Gasteiger partial charge in [-0.1, -0.05) is 12.1 Å². The van der Waals surface area contributed by atoms with Gasteiger partial charge in [-0.05, 0) is 13.0 Å². The minimum absolute atomic E-state index is 0.0959. The molecule has 0 aliphatic heterocycles. The fourth-order valence-electron chi connectivity index (χ4n) is 1.72. The second kappa shape index (κ2) is 5.43. The summed E-state index contributed by atoms with van der Waals surface area (Å²) in [5, 5.41) is 14.3. The molecule has 9 heteroatoms. The third-order valence-electron chi connectivity index (χ3n) is 2.57. The molecule has 1 aromatic heterocycles. The maximum atomic E-state index is 12.7. The predicted octanol–water partition coefficient (Wildman–Crippen LogP) is 3.20. The lowest BCUT2D eigenvalue weighted by Gasteiger charge is -2.07. The van der Waals surface area contributed by atoms with Crippen LogP contribution in [0.1, 0.15) is 12.6 Å². The Morgan fingerprint density at radius 2 is 2.05 bits per heavy atom. The fourth-order valence-corrected chi connectivity index (χ4v) is 1.72. The molecule has 0 fully saturated rings. The maximum Gasteiger partial charge on any atom is 0.435 e. The van der Waals surface area contributed by atoms with Crippen molar-refractivity contribution in [2.75, 3.05) is 6.61 Å². The minimum atomic E-state index is -4.67. The van der Waals surface area contributed by atoms with Gasteiger partial charge in [0.25, 0.3) is 5.69 Å². The van der Waals surface area contributed by atoms with Crippen LogP contribution in [0, 0.1) is 10.1 Å². The van der Waals surface area contributed by atoms with Gasteiger partial charge in [-0.3, -0.25) is 10.1 Å². The molecule has 6 nitrogen and oxygen atoms in total. The van der Waals surface area contributed by atoms with E-state index < -0.39 is 16.8 Å². The Balaban J connectivity index is 2.63. The molecule has 0 aliphatic carbocycles. The van der Waals surface area contributed by atoms with Gasteiger partial charge in [0, 0.05) is 12.1 Å². The van der Waals surface area contributed by atoms with Crippen molar-refractivity contribution < 1.29 is 22.8 Å². The van der Waals surface area contributed by atoms with E-state index >= 15 is 0 Å². The van der Waals surface area contributed by atoms with Crippen molar-refractivity contribution in [2.45, 2.75) is 13.1 Å². The van der Waals surface area contributed by atoms with Crippen LogP contribution in [0.5, 0.6) is 5.88 Å². The lowest BCUT2D eigenvalue weighted by atomic mass is 10.3. The molecule has 112 valence electrons. The molecule has 0 spiro atoms. The normalized spacial score (nSPS) is 11.4. The number of nitro benzene ring substituents is 1. The fraction of sp³-hybridized carbons (Fsp3) is 0.250. The van der Waals surface area contributed by atoms with Crippen molar-refractivity contribution in [3.63, 3.8) is 0 Å². The van der Waals surface area contributed by atoms with Gasteiger partial charge in [-0.2, -0.15) is 23.0 Å². The number of ether oxygens (including phenoxy) is 1. The molecule has 0 unspecified atom stereocenters. The van der Waals surface area contributed by atoms with Gasteiger partial charge in [0.15, 0.2) is 5.69 Å². The number of benzene rings is 1. The van der Waals surface area contributed by atoms with Crippen LogP contribution in [0.2, 0.25) is 0 Å². The zero-order valence-electron chi connectivity index (χ0n) is 10.8. The summed E-state index contributed by atoms with van der Waals surface area (Å²) in [6.07, 6.45) is -4.67. The first-order chi connectivity index (χ1) is 9.84. The molecule has 0 N–H and O–H groups in total. The van der Waals surface area contributed by atoms with Gasteiger partial charge in [0.1, 0.15) is 5.69 Å². The summed E-state index contributed by atoms with van der Waals surface area (Å²) in [5.41, 5.74) is -1.64. The largest absolute Gasteiger partial charge is 0.478 e. The number of alkyl halides is 3. The van der Waals surface area contributed by atoms with Gasteiger partial charge in [-0.25, -0.2) is 0 Å². The maximum absolute atomic E-state index is 12.7. The van der Waals surface area contributed by atoms with E-state index in [2.05, 4.69) is 5.10 Å². The molecule has 1 heterocycles. The van der Waals surface area contributed by atoms with Crippen molar-refractivity contribution in [1.29, 1.82) is 0 Å². The number of para-hydroxylation sites is 2. The van der Waals surface area contributed by atoms with Gasteiger partial charge in [0.05, 0.1) is 11.5 Å². The Labute approximate surface area is 116 Å². The zero-order valence-corrected chi connectivity index (χ0v) is 10.8. The van der Waals surface area contributed by atoms with Crippen molar-refractivity contribution >= 4 is 5.69 Å². The predicted molar refractivity (Wildman–Crippen MR) is 66.4 cm³/mol. The van der Waals surface area contributed by atoms with Crippen LogP contribution in [0.15, 0.2) is 30.3 Å². The average Bonchev–Trinajstić information content (AvgIpc) is 2.83. The molecular formula is C12H10F3N3O3. The van der Waals surface area contributed by atoms with E-state index in [0.29, 0.717) is 6.07 Å². The molecule has 21 heavy (non-hydrogen) atoms. The van der Waals surface area contributed by atoms with Crippen LogP contribution >= 0.6 is 0 Å². The summed E-state index contributed by atoms with van der Waals surface area (Å²) in [7, 11) is 0. The first-order valence-corrected chi connectivity index (χ1v) is 5.88. The van der Waals surface area contributed by atoms with Gasteiger partial charge in [0.2, 0.25) is 5.88 Å². The number of nitro groups is 1. The van der Waals surface area contributed by atoms with E-state index in [1.165, 1.54) is 24.3 Å². The highest BCUT2D eigenvalue weighted by atomic mass is 19.4. The Morgan fingerprint density at radius 3 is 2.62 bits per heavy atom. The van der Waals surface area contributed by atoms with Crippen LogP contribution in [0.4, 0.5) is 18.9 Å². The van der Waals surface area contributed by atoms with E-state index in [0.717, 1.165) is 4.68 Å². The Kier molecular flexibility index (Phi) is 3.83. The summed E-state index contributed by atoms with van der Waals surface area (Å²) in [6.45, 7) is 1.69. The van der Waals surface area contributed by atoms with Crippen LogP contribution in [-0.2, 0) is 6.18 Å². The van der Waals surface area contributed by atoms with Crippen LogP contribution in [0.3, 0.4) is 0 Å². The average molecular weight is 301 g/mol. The molecule has 0 saturated heterocycles. The lowest BCUT2D eigenvalue weighted by molar-refractivity contribution is -0.384. The summed E-state index contributed by atoms with van der Waals surface area (Å²) in [5.74, 6) is -0.209. The van der Waals surface area contributed by atoms with E-state index in [-0.39, 0.29) is 23.9 Å². The molecule has 0 saturated carbocycles. The van der Waals surface area contributed by atoms with Crippen molar-refractivity contribution in [2.24, 2.45) is 0 Å². The lowest BCUT2D eigenvalue weighted by Crippen LogP contribution is -2.08. The molecule has 0 radical (unpaired) electrons. The molecule has 0 atom stereocenters. The SMILES string of the molecule is CCOc1cc(C(F)(F)F)nn1-c1ccccc1[N+](=O)[O-]. The summed E-state index contributed by atoms with van der Waals surface area (Å²) >= 11 is 0. The van der Waals surface area contributed by atoms with Gasteiger partial charge < -0.3 is 4.74 Å². The number of halogens is 3. The van der Waals surface area contributed by atoms with Crippen molar-refractivity contribution in [1.82, 2.24) is 9.78 Å². The Hall–Kier alpha value is -2.58. The van der Waals surface area contributed by atoms with Crippen molar-refractivity contribution in [3.05, 3.63) is 46.1 Å². The van der Waals surface area contributed by atoms with Crippen LogP contribution in [0.25, 0.3) is 5.69 Å². The number of hydrogen-bond donors (Lipinski definition) is 0. The molecule has 0 bridgehead atoms. The first kappa shape index (κ1) is 14.8. The molecule has 1 aromatic carbocycles. The summed E-state index contributed by atoms with van der Waals surface area (Å²) in [4.78, 5) is 10.3. The topological polar surface area (TPSA) is 70.2 Å². The second-order valence-corrected chi connectivity index (χ2v) is 3.96. The highest BCUT2D eigenvalue weighted by molar-refractivity contribution is 5.53.